The molecule has 0 radical (unpaired) electrons. The van der Waals surface area contributed by atoms with Crippen molar-refractivity contribution in [2.45, 2.75) is 32.6 Å². The van der Waals surface area contributed by atoms with Crippen LogP contribution in [-0.2, 0) is 23.9 Å². The first kappa shape index (κ1) is 23.2. The maximum atomic E-state index is 12.5. The Morgan fingerprint density at radius 2 is 1.74 bits per heavy atom. The van der Waals surface area contributed by atoms with Crippen LogP contribution in [0.3, 0.4) is 0 Å². The van der Waals surface area contributed by atoms with Crippen molar-refractivity contribution in [3.05, 3.63) is 48.0 Å². The van der Waals surface area contributed by atoms with Crippen LogP contribution in [0.25, 0.3) is 20.8 Å². The van der Waals surface area contributed by atoms with Crippen LogP contribution in [-0.4, -0.2) is 46.7 Å². The number of hydrogen-bond donors (Lipinski definition) is 1. The molecule has 9 heteroatoms. The number of aryl methyl sites for hydroxylation is 1. The SMILES string of the molecule is Cc1ccc2nc(-c3ccc(NC(=O)COC(=O)CN4C(=O)C5CCCCC5C4=O)cc3)sc2c1. The molecule has 1 aliphatic carbocycles. The summed E-state index contributed by atoms with van der Waals surface area (Å²) in [4.78, 5) is 55.0. The second-order valence-corrected chi connectivity index (χ2v) is 10.1. The summed E-state index contributed by atoms with van der Waals surface area (Å²) >= 11 is 1.61. The molecule has 2 aromatic carbocycles. The summed E-state index contributed by atoms with van der Waals surface area (Å²) in [7, 11) is 0. The van der Waals surface area contributed by atoms with Gasteiger partial charge < -0.3 is 10.1 Å². The number of fused-ring (bicyclic) bond motifs is 2. The smallest absolute Gasteiger partial charge is 0.326 e. The van der Waals surface area contributed by atoms with Crippen molar-refractivity contribution < 1.29 is 23.9 Å². The number of carbonyl (C=O) groups is 4. The first-order valence-electron chi connectivity index (χ1n) is 11.7. The Morgan fingerprint density at radius 1 is 1.06 bits per heavy atom. The minimum atomic E-state index is -0.776. The molecule has 1 saturated heterocycles. The van der Waals surface area contributed by atoms with Gasteiger partial charge in [-0.25, -0.2) is 4.98 Å². The second kappa shape index (κ2) is 9.58. The highest BCUT2D eigenvalue weighted by molar-refractivity contribution is 7.21. The lowest BCUT2D eigenvalue weighted by atomic mass is 9.81. The number of aromatic nitrogens is 1. The molecule has 1 N–H and O–H groups in total. The number of nitrogens with zero attached hydrogens (tertiary/aromatic N) is 2. The van der Waals surface area contributed by atoms with E-state index in [4.69, 9.17) is 4.74 Å². The fraction of sp³-hybridized carbons (Fsp3) is 0.346. The zero-order valence-corrected chi connectivity index (χ0v) is 20.1. The monoisotopic (exact) mass is 491 g/mol. The fourth-order valence-corrected chi connectivity index (χ4v) is 5.83. The summed E-state index contributed by atoms with van der Waals surface area (Å²) in [5, 5.41) is 3.57. The van der Waals surface area contributed by atoms with Gasteiger partial charge in [-0.3, -0.25) is 24.1 Å². The third-order valence-corrected chi connectivity index (χ3v) is 7.61. The highest BCUT2D eigenvalue weighted by atomic mass is 32.1. The predicted molar refractivity (Wildman–Crippen MR) is 132 cm³/mol. The van der Waals surface area contributed by atoms with Crippen molar-refractivity contribution in [2.75, 3.05) is 18.5 Å². The van der Waals surface area contributed by atoms with Gasteiger partial charge in [0.1, 0.15) is 11.6 Å². The van der Waals surface area contributed by atoms with Crippen molar-refractivity contribution in [2.24, 2.45) is 11.8 Å². The van der Waals surface area contributed by atoms with Crippen LogP contribution in [0.2, 0.25) is 0 Å². The second-order valence-electron chi connectivity index (χ2n) is 9.04. The first-order valence-corrected chi connectivity index (χ1v) is 12.5. The molecular formula is C26H25N3O5S. The Kier molecular flexibility index (Phi) is 6.34. The van der Waals surface area contributed by atoms with Crippen molar-refractivity contribution in [3.63, 3.8) is 0 Å². The summed E-state index contributed by atoms with van der Waals surface area (Å²) in [5.41, 5.74) is 3.63. The Morgan fingerprint density at radius 3 is 2.43 bits per heavy atom. The third kappa shape index (κ3) is 4.81. The highest BCUT2D eigenvalue weighted by Crippen LogP contribution is 2.38. The Bertz CT molecular complexity index is 1290. The van der Waals surface area contributed by atoms with Gasteiger partial charge in [0.15, 0.2) is 6.61 Å². The van der Waals surface area contributed by atoms with E-state index in [9.17, 15) is 19.2 Å². The molecule has 2 atom stereocenters. The quantitative estimate of drug-likeness (QED) is 0.414. The number of likely N-dealkylation sites (tertiary alicyclic amines) is 1. The van der Waals surface area contributed by atoms with Crippen LogP contribution >= 0.6 is 11.3 Å². The van der Waals surface area contributed by atoms with E-state index in [1.54, 1.807) is 23.5 Å². The Balaban J connectivity index is 1.13. The van der Waals surface area contributed by atoms with Crippen LogP contribution in [0, 0.1) is 18.8 Å². The summed E-state index contributed by atoms with van der Waals surface area (Å²) in [6, 6.07) is 13.4. The van der Waals surface area contributed by atoms with Gasteiger partial charge in [0, 0.05) is 11.3 Å². The number of imide groups is 1. The lowest BCUT2D eigenvalue weighted by Crippen LogP contribution is -2.37. The number of amides is 3. The molecule has 3 aromatic rings. The topological polar surface area (TPSA) is 106 Å². The summed E-state index contributed by atoms with van der Waals surface area (Å²) < 4.78 is 6.14. The van der Waals surface area contributed by atoms with Gasteiger partial charge in [-0.1, -0.05) is 18.9 Å². The van der Waals surface area contributed by atoms with Crippen LogP contribution in [0.4, 0.5) is 5.69 Å². The molecule has 35 heavy (non-hydrogen) atoms. The normalized spacial score (nSPS) is 19.6. The lowest BCUT2D eigenvalue weighted by Gasteiger charge is -2.19. The van der Waals surface area contributed by atoms with Gasteiger partial charge in [0.05, 0.1) is 22.1 Å². The lowest BCUT2D eigenvalue weighted by molar-refractivity contribution is -0.154. The van der Waals surface area contributed by atoms with E-state index < -0.39 is 25.0 Å². The van der Waals surface area contributed by atoms with E-state index in [1.807, 2.05) is 31.2 Å². The molecule has 3 amide bonds. The average Bonchev–Trinajstić information content (AvgIpc) is 3.38. The van der Waals surface area contributed by atoms with E-state index in [0.29, 0.717) is 18.5 Å². The Hall–Kier alpha value is -3.59. The number of anilines is 1. The van der Waals surface area contributed by atoms with Gasteiger partial charge in [-0.2, -0.15) is 0 Å². The molecule has 1 aromatic heterocycles. The van der Waals surface area contributed by atoms with Crippen molar-refractivity contribution in [1.29, 1.82) is 0 Å². The number of nitrogens with one attached hydrogen (secondary N) is 1. The molecule has 1 aliphatic heterocycles. The number of thiazole rings is 1. The molecular weight excluding hydrogens is 466 g/mol. The third-order valence-electron chi connectivity index (χ3n) is 6.54. The minimum absolute atomic E-state index is 0.301. The van der Waals surface area contributed by atoms with E-state index in [-0.39, 0.29) is 23.7 Å². The zero-order valence-electron chi connectivity index (χ0n) is 19.3. The molecule has 5 rings (SSSR count). The van der Waals surface area contributed by atoms with Crippen LogP contribution in [0.1, 0.15) is 31.2 Å². The first-order chi connectivity index (χ1) is 16.9. The van der Waals surface area contributed by atoms with Crippen molar-refractivity contribution >= 4 is 50.9 Å². The van der Waals surface area contributed by atoms with Gasteiger partial charge in [-0.15, -0.1) is 11.3 Å². The average molecular weight is 492 g/mol. The molecule has 1 saturated carbocycles. The maximum absolute atomic E-state index is 12.5. The molecule has 2 heterocycles. The molecule has 0 bridgehead atoms. The molecule has 0 spiro atoms. The maximum Gasteiger partial charge on any atom is 0.326 e. The van der Waals surface area contributed by atoms with Crippen LogP contribution in [0.5, 0.6) is 0 Å². The fourth-order valence-electron chi connectivity index (χ4n) is 4.76. The van der Waals surface area contributed by atoms with E-state index in [2.05, 4.69) is 16.4 Å². The van der Waals surface area contributed by atoms with Crippen LogP contribution in [0.15, 0.2) is 42.5 Å². The number of esters is 1. The Labute approximate surface area is 206 Å². The number of benzene rings is 2. The predicted octanol–water partition coefficient (Wildman–Crippen LogP) is 3.93. The van der Waals surface area contributed by atoms with Gasteiger partial charge in [0.25, 0.3) is 5.91 Å². The minimum Gasteiger partial charge on any atom is -0.454 e. The summed E-state index contributed by atoms with van der Waals surface area (Å²) in [6.07, 6.45) is 3.20. The largest absolute Gasteiger partial charge is 0.454 e. The number of hydrogen-bond acceptors (Lipinski definition) is 7. The number of carbonyl (C=O) groups excluding carboxylic acids is 4. The molecule has 2 aliphatic rings. The van der Waals surface area contributed by atoms with Gasteiger partial charge >= 0.3 is 5.97 Å². The van der Waals surface area contributed by atoms with Crippen LogP contribution < -0.4 is 5.32 Å². The molecule has 2 fully saturated rings. The number of rotatable bonds is 6. The van der Waals surface area contributed by atoms with Gasteiger partial charge in [0.2, 0.25) is 11.8 Å². The van der Waals surface area contributed by atoms with E-state index in [1.165, 1.54) is 5.56 Å². The van der Waals surface area contributed by atoms with E-state index in [0.717, 1.165) is 38.5 Å². The summed E-state index contributed by atoms with van der Waals surface area (Å²) in [6.45, 7) is 1.10. The van der Waals surface area contributed by atoms with E-state index >= 15 is 0 Å². The van der Waals surface area contributed by atoms with Gasteiger partial charge in [-0.05, 0) is 61.7 Å². The zero-order chi connectivity index (χ0) is 24.5. The standard InChI is InChI=1S/C26H25N3O5S/c1-15-6-11-20-21(12-15)35-24(28-20)16-7-9-17(10-8-16)27-22(30)14-34-23(31)13-29-25(32)18-4-2-3-5-19(18)26(29)33/h6-12,18-19H,2-5,13-14H2,1H3,(H,27,30). The molecule has 2 unspecified atom stereocenters. The number of ether oxygens (including phenoxy) is 1. The van der Waals surface area contributed by atoms with Crippen molar-refractivity contribution in [3.8, 4) is 10.6 Å². The molecule has 8 nitrogen and oxygen atoms in total. The molecule has 180 valence electrons. The highest BCUT2D eigenvalue weighted by Gasteiger charge is 2.48. The summed E-state index contributed by atoms with van der Waals surface area (Å²) in [5.74, 6) is -2.52. The van der Waals surface area contributed by atoms with Crippen molar-refractivity contribution in [1.82, 2.24) is 9.88 Å².